The van der Waals surface area contributed by atoms with Crippen molar-refractivity contribution < 1.29 is 9.50 Å². The molecule has 0 bridgehead atoms. The van der Waals surface area contributed by atoms with E-state index in [1.807, 2.05) is 23.1 Å². The van der Waals surface area contributed by atoms with Crippen LogP contribution in [0.4, 0.5) is 15.8 Å². The van der Waals surface area contributed by atoms with Crippen LogP contribution in [-0.2, 0) is 6.42 Å². The molecule has 0 fully saturated rings. The number of benzene rings is 2. The molecule has 3 rings (SSSR count). The smallest absolute Gasteiger partial charge is 0.147 e. The summed E-state index contributed by atoms with van der Waals surface area (Å²) >= 11 is 0. The number of aliphatic hydroxyl groups is 1. The Labute approximate surface area is 118 Å². The zero-order valence-corrected chi connectivity index (χ0v) is 11.5. The second-order valence-electron chi connectivity index (χ2n) is 5.24. The topological polar surface area (TPSA) is 23.5 Å². The Morgan fingerprint density at radius 3 is 2.75 bits per heavy atom. The molecule has 0 spiro atoms. The molecule has 0 amide bonds. The van der Waals surface area contributed by atoms with Crippen LogP contribution in [0, 0.1) is 5.82 Å². The van der Waals surface area contributed by atoms with Gasteiger partial charge >= 0.3 is 0 Å². The van der Waals surface area contributed by atoms with Gasteiger partial charge in [-0.05, 0) is 37.5 Å². The summed E-state index contributed by atoms with van der Waals surface area (Å²) in [5.41, 5.74) is 3.43. The van der Waals surface area contributed by atoms with Crippen LogP contribution < -0.4 is 4.90 Å². The molecule has 104 valence electrons. The lowest BCUT2D eigenvalue weighted by Crippen LogP contribution is -2.26. The van der Waals surface area contributed by atoms with Gasteiger partial charge in [0, 0.05) is 17.8 Å². The van der Waals surface area contributed by atoms with Crippen molar-refractivity contribution in [3.8, 4) is 0 Å². The summed E-state index contributed by atoms with van der Waals surface area (Å²) in [5.74, 6) is -0.278. The van der Waals surface area contributed by atoms with E-state index in [0.29, 0.717) is 11.3 Å². The summed E-state index contributed by atoms with van der Waals surface area (Å²) in [5, 5.41) is 9.91. The first-order chi connectivity index (χ1) is 9.68. The van der Waals surface area contributed by atoms with Gasteiger partial charge in [0.05, 0.1) is 11.8 Å². The van der Waals surface area contributed by atoms with E-state index < -0.39 is 6.10 Å². The van der Waals surface area contributed by atoms with Crippen LogP contribution in [0.2, 0.25) is 0 Å². The zero-order chi connectivity index (χ0) is 14.1. The number of hydrogen-bond acceptors (Lipinski definition) is 2. The van der Waals surface area contributed by atoms with Gasteiger partial charge < -0.3 is 10.0 Å². The second-order valence-corrected chi connectivity index (χ2v) is 5.24. The molecule has 20 heavy (non-hydrogen) atoms. The first kappa shape index (κ1) is 13.1. The number of aliphatic hydroxyl groups excluding tert-OH is 1. The average molecular weight is 271 g/mol. The highest BCUT2D eigenvalue weighted by Gasteiger charge is 2.24. The van der Waals surface area contributed by atoms with Crippen molar-refractivity contribution in [2.24, 2.45) is 0 Å². The first-order valence-electron chi connectivity index (χ1n) is 7.00. The minimum atomic E-state index is -0.685. The van der Waals surface area contributed by atoms with Crippen LogP contribution >= 0.6 is 0 Å². The SMILES string of the molecule is C[C@@H](O)c1cccc(F)c1N1CCCc2ccccc21. The molecule has 1 N–H and O–H groups in total. The molecule has 0 saturated carbocycles. The lowest BCUT2D eigenvalue weighted by molar-refractivity contribution is 0.199. The third-order valence-electron chi connectivity index (χ3n) is 3.85. The maximum atomic E-state index is 14.3. The molecule has 1 heterocycles. The largest absolute Gasteiger partial charge is 0.389 e. The standard InChI is InChI=1S/C17H18FNO/c1-12(20)14-8-4-9-15(18)17(14)19-11-5-7-13-6-2-3-10-16(13)19/h2-4,6,8-10,12,20H,5,7,11H2,1H3/t12-/m1/s1. The van der Waals surface area contributed by atoms with E-state index in [9.17, 15) is 9.50 Å². The van der Waals surface area contributed by atoms with E-state index in [0.717, 1.165) is 25.1 Å². The Bertz CT molecular complexity index is 624. The van der Waals surface area contributed by atoms with Crippen LogP contribution in [0.5, 0.6) is 0 Å². The first-order valence-corrected chi connectivity index (χ1v) is 7.00. The van der Waals surface area contributed by atoms with E-state index in [1.54, 1.807) is 19.1 Å². The Kier molecular flexibility index (Phi) is 3.45. The Hall–Kier alpha value is -1.87. The lowest BCUT2D eigenvalue weighted by atomic mass is 9.99. The fraction of sp³-hybridized carbons (Fsp3) is 0.294. The van der Waals surface area contributed by atoms with Gasteiger partial charge in [0.1, 0.15) is 5.82 Å². The highest BCUT2D eigenvalue weighted by Crippen LogP contribution is 2.38. The van der Waals surface area contributed by atoms with Gasteiger partial charge in [-0.25, -0.2) is 4.39 Å². The molecule has 3 heteroatoms. The molecule has 2 nitrogen and oxygen atoms in total. The summed E-state index contributed by atoms with van der Waals surface area (Å²) in [6, 6.07) is 13.0. The maximum absolute atomic E-state index is 14.3. The number of para-hydroxylation sites is 2. The average Bonchev–Trinajstić information content (AvgIpc) is 2.46. The molecule has 0 radical (unpaired) electrons. The molecule has 0 saturated heterocycles. The van der Waals surface area contributed by atoms with E-state index in [4.69, 9.17) is 0 Å². The van der Waals surface area contributed by atoms with Gasteiger partial charge in [-0.15, -0.1) is 0 Å². The molecule has 1 aliphatic heterocycles. The summed E-state index contributed by atoms with van der Waals surface area (Å²) in [6.45, 7) is 2.45. The highest BCUT2D eigenvalue weighted by atomic mass is 19.1. The summed E-state index contributed by atoms with van der Waals surface area (Å²) in [7, 11) is 0. The second kappa shape index (κ2) is 5.25. The maximum Gasteiger partial charge on any atom is 0.147 e. The van der Waals surface area contributed by atoms with Crippen molar-refractivity contribution in [1.82, 2.24) is 0 Å². The van der Waals surface area contributed by atoms with Crippen molar-refractivity contribution in [2.45, 2.75) is 25.9 Å². The van der Waals surface area contributed by atoms with Crippen LogP contribution in [0.15, 0.2) is 42.5 Å². The zero-order valence-electron chi connectivity index (χ0n) is 11.5. The summed E-state index contributed by atoms with van der Waals surface area (Å²) < 4.78 is 14.3. The van der Waals surface area contributed by atoms with Crippen molar-refractivity contribution >= 4 is 11.4 Å². The fourth-order valence-corrected chi connectivity index (χ4v) is 2.92. The molecule has 0 aromatic heterocycles. The molecule has 0 aliphatic carbocycles. The summed E-state index contributed by atoms with van der Waals surface area (Å²) in [6.07, 6.45) is 1.32. The van der Waals surface area contributed by atoms with Gasteiger partial charge in [-0.3, -0.25) is 0 Å². The van der Waals surface area contributed by atoms with Gasteiger partial charge in [0.25, 0.3) is 0 Å². The molecule has 1 atom stereocenters. The predicted molar refractivity (Wildman–Crippen MR) is 78.8 cm³/mol. The minimum absolute atomic E-state index is 0.278. The van der Waals surface area contributed by atoms with Crippen LogP contribution in [-0.4, -0.2) is 11.7 Å². The van der Waals surface area contributed by atoms with Gasteiger partial charge in [-0.2, -0.15) is 0 Å². The molecule has 2 aromatic carbocycles. The number of nitrogens with zero attached hydrogens (tertiary/aromatic N) is 1. The normalized spacial score (nSPS) is 15.8. The number of aryl methyl sites for hydroxylation is 1. The number of anilines is 2. The molecule has 1 aliphatic rings. The Morgan fingerprint density at radius 1 is 1.15 bits per heavy atom. The fourth-order valence-electron chi connectivity index (χ4n) is 2.92. The lowest BCUT2D eigenvalue weighted by Gasteiger charge is -2.33. The number of halogens is 1. The highest BCUT2D eigenvalue weighted by molar-refractivity contribution is 5.71. The van der Waals surface area contributed by atoms with Crippen molar-refractivity contribution in [2.75, 3.05) is 11.4 Å². The van der Waals surface area contributed by atoms with Crippen molar-refractivity contribution in [3.63, 3.8) is 0 Å². The third kappa shape index (κ3) is 2.18. The van der Waals surface area contributed by atoms with Crippen LogP contribution in [0.3, 0.4) is 0 Å². The van der Waals surface area contributed by atoms with Crippen molar-refractivity contribution in [1.29, 1.82) is 0 Å². The van der Waals surface area contributed by atoms with E-state index in [1.165, 1.54) is 11.6 Å². The van der Waals surface area contributed by atoms with Gasteiger partial charge in [0.15, 0.2) is 0 Å². The third-order valence-corrected chi connectivity index (χ3v) is 3.85. The Balaban J connectivity index is 2.16. The number of hydrogen-bond donors (Lipinski definition) is 1. The number of rotatable bonds is 2. The predicted octanol–water partition coefficient (Wildman–Crippen LogP) is 3.96. The van der Waals surface area contributed by atoms with Crippen LogP contribution in [0.1, 0.15) is 30.6 Å². The molecular weight excluding hydrogens is 253 g/mol. The number of fused-ring (bicyclic) bond motifs is 1. The molecular formula is C17H18FNO. The van der Waals surface area contributed by atoms with Gasteiger partial charge in [-0.1, -0.05) is 30.3 Å². The minimum Gasteiger partial charge on any atom is -0.389 e. The van der Waals surface area contributed by atoms with Gasteiger partial charge in [0.2, 0.25) is 0 Å². The monoisotopic (exact) mass is 271 g/mol. The Morgan fingerprint density at radius 2 is 1.95 bits per heavy atom. The molecule has 2 aromatic rings. The summed E-state index contributed by atoms with van der Waals surface area (Å²) in [4.78, 5) is 2.00. The van der Waals surface area contributed by atoms with Crippen molar-refractivity contribution in [3.05, 3.63) is 59.4 Å². The van der Waals surface area contributed by atoms with E-state index >= 15 is 0 Å². The quantitative estimate of drug-likeness (QED) is 0.893. The molecule has 0 unspecified atom stereocenters. The van der Waals surface area contributed by atoms with E-state index in [-0.39, 0.29) is 5.82 Å². The van der Waals surface area contributed by atoms with E-state index in [2.05, 4.69) is 6.07 Å². The van der Waals surface area contributed by atoms with Crippen LogP contribution in [0.25, 0.3) is 0 Å².